The van der Waals surface area contributed by atoms with Crippen molar-refractivity contribution < 1.29 is 48.2 Å². The van der Waals surface area contributed by atoms with Crippen molar-refractivity contribution in [3.63, 3.8) is 0 Å². The number of hydrogen-bond donors (Lipinski definition) is 3. The van der Waals surface area contributed by atoms with Crippen molar-refractivity contribution in [1.29, 1.82) is 0 Å². The third-order valence-electron chi connectivity index (χ3n) is 8.25. The lowest BCUT2D eigenvalue weighted by molar-refractivity contribution is -0.306. The van der Waals surface area contributed by atoms with Gasteiger partial charge in [0.05, 0.1) is 31.5 Å². The summed E-state index contributed by atoms with van der Waals surface area (Å²) >= 11 is 0. The molecule has 11 nitrogen and oxygen atoms in total. The summed E-state index contributed by atoms with van der Waals surface area (Å²) < 4.78 is 34.1. The number of esters is 1. The third kappa shape index (κ3) is 6.93. The van der Waals surface area contributed by atoms with E-state index in [1.807, 2.05) is 27.7 Å². The molecule has 3 N–H and O–H groups in total. The van der Waals surface area contributed by atoms with Gasteiger partial charge in [-0.2, -0.15) is 0 Å². The average molecular weight is 544 g/mol. The molecule has 0 aromatic heterocycles. The molecule has 9 atom stereocenters. The maximum absolute atomic E-state index is 13.2. The molecule has 0 radical (unpaired) electrons. The molecule has 0 saturated carbocycles. The summed E-state index contributed by atoms with van der Waals surface area (Å²) in [5.41, 5.74) is 0.504. The lowest BCUT2D eigenvalue weighted by Gasteiger charge is -2.50. The molecule has 3 aliphatic rings. The Morgan fingerprint density at radius 2 is 1.92 bits per heavy atom. The zero-order chi connectivity index (χ0) is 28.3. The Labute approximate surface area is 225 Å². The number of carbonyl (C=O) groups is 2. The van der Waals surface area contributed by atoms with Gasteiger partial charge in [0.1, 0.15) is 12.9 Å². The van der Waals surface area contributed by atoms with E-state index < -0.39 is 36.2 Å². The minimum absolute atomic E-state index is 0.0419. The van der Waals surface area contributed by atoms with Crippen LogP contribution in [0.2, 0.25) is 0 Å². The van der Waals surface area contributed by atoms with Crippen LogP contribution in [0.4, 0.5) is 0 Å². The van der Waals surface area contributed by atoms with Crippen molar-refractivity contribution in [2.24, 2.45) is 11.3 Å². The predicted molar refractivity (Wildman–Crippen MR) is 136 cm³/mol. The first-order chi connectivity index (χ1) is 17.8. The predicted octanol–water partition coefficient (Wildman–Crippen LogP) is 1.78. The fourth-order valence-electron chi connectivity index (χ4n) is 5.47. The molecule has 0 aromatic rings. The number of ether oxygens (including phenoxy) is 6. The number of amides is 1. The van der Waals surface area contributed by atoms with Crippen LogP contribution in [0.3, 0.4) is 0 Å². The van der Waals surface area contributed by atoms with Gasteiger partial charge in [-0.05, 0) is 31.6 Å². The lowest BCUT2D eigenvalue weighted by Crippen LogP contribution is -2.65. The van der Waals surface area contributed by atoms with Crippen LogP contribution in [0, 0.1) is 11.3 Å². The summed E-state index contributed by atoms with van der Waals surface area (Å²) in [5, 5.41) is 24.4. The highest BCUT2D eigenvalue weighted by atomic mass is 16.7. The van der Waals surface area contributed by atoms with Crippen LogP contribution >= 0.6 is 0 Å². The summed E-state index contributed by atoms with van der Waals surface area (Å²) in [5.74, 6) is -2.54. The smallest absolute Gasteiger partial charge is 0.305 e. The fraction of sp³-hybridized carbons (Fsp3) is 0.852. The van der Waals surface area contributed by atoms with Crippen molar-refractivity contribution in [1.82, 2.24) is 5.32 Å². The first-order valence-electron chi connectivity index (χ1n) is 13.4. The van der Waals surface area contributed by atoms with E-state index in [4.69, 9.17) is 23.7 Å². The topological polar surface area (TPSA) is 142 Å². The molecule has 0 aliphatic carbocycles. The number of aliphatic hydroxyl groups is 2. The van der Waals surface area contributed by atoms with Crippen molar-refractivity contribution in [2.75, 3.05) is 21.0 Å². The van der Waals surface area contributed by atoms with E-state index in [0.717, 1.165) is 5.57 Å². The Morgan fingerprint density at radius 1 is 1.21 bits per heavy atom. The highest BCUT2D eigenvalue weighted by Crippen LogP contribution is 2.42. The van der Waals surface area contributed by atoms with Gasteiger partial charge in [-0.25, -0.2) is 0 Å². The van der Waals surface area contributed by atoms with Crippen molar-refractivity contribution in [2.45, 2.75) is 115 Å². The van der Waals surface area contributed by atoms with Gasteiger partial charge in [-0.1, -0.05) is 32.9 Å². The second-order valence-corrected chi connectivity index (χ2v) is 11.4. The van der Waals surface area contributed by atoms with E-state index >= 15 is 0 Å². The number of hydrogen-bond acceptors (Lipinski definition) is 10. The number of nitrogens with one attached hydrogen (secondary N) is 1. The molecule has 3 heterocycles. The molecule has 0 unspecified atom stereocenters. The molecule has 0 aromatic carbocycles. The van der Waals surface area contributed by atoms with E-state index in [1.54, 1.807) is 0 Å². The molecular weight excluding hydrogens is 498 g/mol. The molecule has 3 aliphatic heterocycles. The average Bonchev–Trinajstić information content (AvgIpc) is 2.86. The summed E-state index contributed by atoms with van der Waals surface area (Å²) in [4.78, 5) is 24.6. The Morgan fingerprint density at radius 3 is 2.55 bits per heavy atom. The quantitative estimate of drug-likeness (QED) is 0.276. The van der Waals surface area contributed by atoms with E-state index in [1.165, 1.54) is 14.2 Å². The molecule has 3 rings (SSSR count). The number of aliphatic hydroxyl groups excluding tert-OH is 2. The Bertz CT molecular complexity index is 850. The first-order valence-corrected chi connectivity index (χ1v) is 13.4. The third-order valence-corrected chi connectivity index (χ3v) is 8.25. The molecule has 0 bridgehead atoms. The summed E-state index contributed by atoms with van der Waals surface area (Å²) in [6, 6.07) is 0. The number of fused-ring (bicyclic) bond motifs is 1. The maximum Gasteiger partial charge on any atom is 0.305 e. The minimum atomic E-state index is -1.64. The van der Waals surface area contributed by atoms with E-state index in [9.17, 15) is 19.8 Å². The van der Waals surface area contributed by atoms with Gasteiger partial charge >= 0.3 is 5.97 Å². The molecule has 3 saturated heterocycles. The molecule has 11 heteroatoms. The highest BCUT2D eigenvalue weighted by molar-refractivity contribution is 5.82. The second-order valence-electron chi connectivity index (χ2n) is 11.4. The Hall–Kier alpha value is -1.60. The Balaban J connectivity index is 1.66. The van der Waals surface area contributed by atoms with Crippen LogP contribution in [-0.4, -0.2) is 91.7 Å². The zero-order valence-electron chi connectivity index (χ0n) is 23.4. The number of methoxy groups -OCH3 is 2. The number of rotatable bonds is 10. The zero-order valence-corrected chi connectivity index (χ0v) is 23.4. The van der Waals surface area contributed by atoms with Crippen molar-refractivity contribution >= 4 is 11.9 Å². The molecule has 38 heavy (non-hydrogen) atoms. The van der Waals surface area contributed by atoms with E-state index in [2.05, 4.69) is 16.6 Å². The molecule has 1 amide bonds. The second kappa shape index (κ2) is 12.7. The highest BCUT2D eigenvalue weighted by Gasteiger charge is 2.52. The van der Waals surface area contributed by atoms with Crippen LogP contribution in [-0.2, 0) is 38.0 Å². The fourth-order valence-corrected chi connectivity index (χ4v) is 5.47. The largest absolute Gasteiger partial charge is 0.469 e. The van der Waals surface area contributed by atoms with Gasteiger partial charge in [0.15, 0.2) is 12.3 Å². The van der Waals surface area contributed by atoms with Gasteiger partial charge < -0.3 is 44.0 Å². The summed E-state index contributed by atoms with van der Waals surface area (Å²) in [7, 11) is 2.73. The van der Waals surface area contributed by atoms with Crippen LogP contribution in [0.15, 0.2) is 12.2 Å². The van der Waals surface area contributed by atoms with Gasteiger partial charge in [-0.15, -0.1) is 0 Å². The van der Waals surface area contributed by atoms with Crippen LogP contribution in [0.25, 0.3) is 0 Å². The number of carbonyl (C=O) groups excluding carboxylic acids is 2. The van der Waals surface area contributed by atoms with Crippen molar-refractivity contribution in [3.05, 3.63) is 12.2 Å². The molecular formula is C27H45NO10. The lowest BCUT2D eigenvalue weighted by atomic mass is 9.75. The van der Waals surface area contributed by atoms with E-state index in [-0.39, 0.29) is 55.2 Å². The van der Waals surface area contributed by atoms with Crippen LogP contribution < -0.4 is 5.32 Å². The van der Waals surface area contributed by atoms with Crippen LogP contribution in [0.5, 0.6) is 0 Å². The van der Waals surface area contributed by atoms with Gasteiger partial charge in [-0.3, -0.25) is 9.59 Å². The normalized spacial score (nSPS) is 36.6. The van der Waals surface area contributed by atoms with Crippen molar-refractivity contribution in [3.8, 4) is 0 Å². The summed E-state index contributed by atoms with van der Waals surface area (Å²) in [6.45, 7) is 11.9. The molecule has 218 valence electrons. The standard InChI is InChI=1S/C27H45NO10/c1-15-12-27(34-7,38-17(3)16(15)2)23(31)24(32)28-25-22-19(35-14-36-25)13-26(4,5)20(37-22)11-18(29)9-8-10-21(30)33-6/h16-20,22-23,25,29,31H,1,8-14H2,2-7H3,(H,28,32)/t16-,17-,18-,19-,20-,22+,23-,25+,27-/m1/s1. The summed E-state index contributed by atoms with van der Waals surface area (Å²) in [6.07, 6.45) is -2.55. The Kier molecular flexibility index (Phi) is 10.4. The van der Waals surface area contributed by atoms with Gasteiger partial charge in [0, 0.05) is 32.3 Å². The monoisotopic (exact) mass is 543 g/mol. The first kappa shape index (κ1) is 30.9. The molecule has 0 spiro atoms. The maximum atomic E-state index is 13.2. The molecule has 3 fully saturated rings. The van der Waals surface area contributed by atoms with Gasteiger partial charge in [0.25, 0.3) is 5.91 Å². The minimum Gasteiger partial charge on any atom is -0.469 e. The van der Waals surface area contributed by atoms with Crippen LogP contribution in [0.1, 0.15) is 66.2 Å². The SMILES string of the molecule is C=C1C[C@](OC)([C@H](O)C(=O)N[C@H]2OCO[C@@H]3CC(C)(C)[C@@H](C[C@H](O)CCCC(=O)OC)O[C@@H]32)O[C@H](C)[C@@H]1C. The van der Waals surface area contributed by atoms with Gasteiger partial charge in [0.2, 0.25) is 5.79 Å². The van der Waals surface area contributed by atoms with E-state index in [0.29, 0.717) is 25.7 Å².